The minimum absolute atomic E-state index is 0.361. The van der Waals surface area contributed by atoms with Crippen molar-refractivity contribution in [3.05, 3.63) is 35.4 Å². The third-order valence-corrected chi connectivity index (χ3v) is 1.91. The normalized spacial score (nSPS) is 20.9. The number of nitrogens with zero attached hydrogens (tertiary/aromatic N) is 1. The van der Waals surface area contributed by atoms with Crippen LogP contribution < -0.4 is 5.32 Å². The van der Waals surface area contributed by atoms with Gasteiger partial charge in [0.2, 0.25) is 0 Å². The SMILES string of the molecule is Fc1ccc(C2N=CCN2)c(F)c1. The van der Waals surface area contributed by atoms with Crippen LogP contribution in [0.25, 0.3) is 0 Å². The first-order valence-corrected chi connectivity index (χ1v) is 3.97. The minimum atomic E-state index is -0.566. The average molecular weight is 182 g/mol. The van der Waals surface area contributed by atoms with Crippen molar-refractivity contribution in [3.8, 4) is 0 Å². The fraction of sp³-hybridized carbons (Fsp3) is 0.222. The molecule has 1 aliphatic rings. The summed E-state index contributed by atoms with van der Waals surface area (Å²) in [6, 6.07) is 3.50. The standard InChI is InChI=1S/C9H8F2N2/c10-6-1-2-7(8(11)5-6)9-12-3-4-13-9/h1-3,5,9,13H,4H2. The van der Waals surface area contributed by atoms with Gasteiger partial charge in [-0.1, -0.05) is 0 Å². The first kappa shape index (κ1) is 8.31. The van der Waals surface area contributed by atoms with E-state index in [-0.39, 0.29) is 6.17 Å². The molecule has 13 heavy (non-hydrogen) atoms. The number of rotatable bonds is 1. The van der Waals surface area contributed by atoms with Gasteiger partial charge < -0.3 is 0 Å². The Morgan fingerprint density at radius 1 is 1.38 bits per heavy atom. The lowest BCUT2D eigenvalue weighted by molar-refractivity contribution is 0.540. The van der Waals surface area contributed by atoms with E-state index >= 15 is 0 Å². The van der Waals surface area contributed by atoms with Gasteiger partial charge in [0.25, 0.3) is 0 Å². The van der Waals surface area contributed by atoms with Crippen molar-refractivity contribution in [1.82, 2.24) is 5.32 Å². The molecule has 0 saturated carbocycles. The molecule has 0 saturated heterocycles. The number of benzene rings is 1. The van der Waals surface area contributed by atoms with E-state index in [0.717, 1.165) is 6.07 Å². The van der Waals surface area contributed by atoms with E-state index in [1.54, 1.807) is 6.21 Å². The number of aliphatic imine (C=N–C) groups is 1. The molecule has 1 N–H and O–H groups in total. The van der Waals surface area contributed by atoms with E-state index in [1.165, 1.54) is 12.1 Å². The lowest BCUT2D eigenvalue weighted by atomic mass is 10.1. The van der Waals surface area contributed by atoms with Gasteiger partial charge in [0.05, 0.1) is 0 Å². The summed E-state index contributed by atoms with van der Waals surface area (Å²) in [5.74, 6) is -1.13. The van der Waals surface area contributed by atoms with Crippen LogP contribution in [0.3, 0.4) is 0 Å². The highest BCUT2D eigenvalue weighted by molar-refractivity contribution is 5.62. The second kappa shape index (κ2) is 3.22. The van der Waals surface area contributed by atoms with Crippen molar-refractivity contribution < 1.29 is 8.78 Å². The van der Waals surface area contributed by atoms with Gasteiger partial charge in [-0.25, -0.2) is 8.78 Å². The Kier molecular flexibility index (Phi) is 2.06. The van der Waals surface area contributed by atoms with Crippen molar-refractivity contribution in [3.63, 3.8) is 0 Å². The van der Waals surface area contributed by atoms with Crippen LogP contribution in [0.4, 0.5) is 8.78 Å². The van der Waals surface area contributed by atoms with E-state index in [0.29, 0.717) is 12.1 Å². The van der Waals surface area contributed by atoms with E-state index in [2.05, 4.69) is 10.3 Å². The molecule has 0 bridgehead atoms. The molecule has 0 fully saturated rings. The number of hydrogen-bond acceptors (Lipinski definition) is 2. The zero-order valence-electron chi connectivity index (χ0n) is 6.80. The Morgan fingerprint density at radius 2 is 2.23 bits per heavy atom. The van der Waals surface area contributed by atoms with Crippen LogP contribution in [-0.4, -0.2) is 12.8 Å². The predicted molar refractivity (Wildman–Crippen MR) is 45.6 cm³/mol. The summed E-state index contributed by atoms with van der Waals surface area (Å²) in [6.07, 6.45) is 1.31. The predicted octanol–water partition coefficient (Wildman–Crippen LogP) is 1.64. The second-order valence-corrected chi connectivity index (χ2v) is 2.81. The largest absolute Gasteiger partial charge is 0.287 e. The Bertz CT molecular complexity index is 349. The van der Waals surface area contributed by atoms with Crippen LogP contribution in [0.5, 0.6) is 0 Å². The maximum absolute atomic E-state index is 13.1. The van der Waals surface area contributed by atoms with Gasteiger partial charge in [-0.15, -0.1) is 0 Å². The van der Waals surface area contributed by atoms with Crippen molar-refractivity contribution in [2.45, 2.75) is 6.17 Å². The maximum atomic E-state index is 13.1. The van der Waals surface area contributed by atoms with Gasteiger partial charge in [-0.2, -0.15) is 0 Å². The van der Waals surface area contributed by atoms with Gasteiger partial charge in [0.1, 0.15) is 17.8 Å². The van der Waals surface area contributed by atoms with E-state index in [4.69, 9.17) is 0 Å². The highest BCUT2D eigenvalue weighted by atomic mass is 19.1. The van der Waals surface area contributed by atoms with Crippen LogP contribution in [0.1, 0.15) is 11.7 Å². The van der Waals surface area contributed by atoms with Crippen molar-refractivity contribution in [1.29, 1.82) is 0 Å². The first-order chi connectivity index (χ1) is 6.27. The van der Waals surface area contributed by atoms with Gasteiger partial charge in [-0.3, -0.25) is 10.3 Å². The maximum Gasteiger partial charge on any atom is 0.132 e. The fourth-order valence-electron chi connectivity index (χ4n) is 1.29. The zero-order chi connectivity index (χ0) is 9.26. The molecule has 0 aliphatic carbocycles. The molecular formula is C9H8F2N2. The third kappa shape index (κ3) is 1.58. The lowest BCUT2D eigenvalue weighted by Gasteiger charge is -2.08. The number of nitrogens with one attached hydrogen (secondary N) is 1. The van der Waals surface area contributed by atoms with Crippen molar-refractivity contribution >= 4 is 6.21 Å². The molecule has 1 heterocycles. The summed E-state index contributed by atoms with van der Waals surface area (Å²) in [5, 5.41) is 2.95. The van der Waals surface area contributed by atoms with Crippen molar-refractivity contribution in [2.75, 3.05) is 6.54 Å². The molecule has 1 aliphatic heterocycles. The molecule has 0 spiro atoms. The summed E-state index contributed by atoms with van der Waals surface area (Å²) in [5.41, 5.74) is 0.384. The molecule has 1 aromatic rings. The summed E-state index contributed by atoms with van der Waals surface area (Å²) < 4.78 is 25.7. The molecule has 2 rings (SSSR count). The lowest BCUT2D eigenvalue weighted by Crippen LogP contribution is -2.15. The quantitative estimate of drug-likeness (QED) is 0.701. The summed E-state index contributed by atoms with van der Waals surface area (Å²) in [7, 11) is 0. The fourth-order valence-corrected chi connectivity index (χ4v) is 1.29. The number of halogens is 2. The molecule has 0 aromatic heterocycles. The van der Waals surface area contributed by atoms with E-state index in [1.807, 2.05) is 0 Å². The smallest absolute Gasteiger partial charge is 0.132 e. The molecule has 2 nitrogen and oxygen atoms in total. The van der Waals surface area contributed by atoms with E-state index < -0.39 is 11.6 Å². The van der Waals surface area contributed by atoms with Gasteiger partial charge >= 0.3 is 0 Å². The van der Waals surface area contributed by atoms with Crippen molar-refractivity contribution in [2.24, 2.45) is 4.99 Å². The summed E-state index contributed by atoms with van der Waals surface area (Å²) in [6.45, 7) is 0.626. The molecule has 1 aromatic carbocycles. The van der Waals surface area contributed by atoms with Crippen LogP contribution in [0.2, 0.25) is 0 Å². The van der Waals surface area contributed by atoms with Crippen LogP contribution in [-0.2, 0) is 0 Å². The van der Waals surface area contributed by atoms with Crippen LogP contribution >= 0.6 is 0 Å². The Balaban J connectivity index is 2.34. The molecule has 1 unspecified atom stereocenters. The monoisotopic (exact) mass is 182 g/mol. The number of hydrogen-bond donors (Lipinski definition) is 1. The Labute approximate surface area is 74.3 Å². The first-order valence-electron chi connectivity index (χ1n) is 3.97. The van der Waals surface area contributed by atoms with Crippen LogP contribution in [0, 0.1) is 11.6 Å². The molecule has 4 heteroatoms. The van der Waals surface area contributed by atoms with Gasteiger partial charge in [0.15, 0.2) is 0 Å². The average Bonchev–Trinajstić information content (AvgIpc) is 2.56. The van der Waals surface area contributed by atoms with Crippen LogP contribution in [0.15, 0.2) is 23.2 Å². The minimum Gasteiger partial charge on any atom is -0.287 e. The van der Waals surface area contributed by atoms with Gasteiger partial charge in [0, 0.05) is 24.4 Å². The van der Waals surface area contributed by atoms with Gasteiger partial charge in [-0.05, 0) is 12.1 Å². The zero-order valence-corrected chi connectivity index (χ0v) is 6.80. The summed E-state index contributed by atoms with van der Waals surface area (Å²) >= 11 is 0. The Morgan fingerprint density at radius 3 is 2.85 bits per heavy atom. The molecule has 0 amide bonds. The second-order valence-electron chi connectivity index (χ2n) is 2.81. The molecule has 0 radical (unpaired) electrons. The highest BCUT2D eigenvalue weighted by Crippen LogP contribution is 2.20. The topological polar surface area (TPSA) is 24.4 Å². The molecule has 68 valence electrons. The Hall–Kier alpha value is -1.29. The summed E-state index contributed by atoms with van der Waals surface area (Å²) in [4.78, 5) is 4.00. The molecule has 1 atom stereocenters. The highest BCUT2D eigenvalue weighted by Gasteiger charge is 2.16. The third-order valence-electron chi connectivity index (χ3n) is 1.91. The molecular weight excluding hydrogens is 174 g/mol. The van der Waals surface area contributed by atoms with E-state index in [9.17, 15) is 8.78 Å².